The van der Waals surface area contributed by atoms with E-state index in [0.29, 0.717) is 46.4 Å². The second kappa shape index (κ2) is 11.6. The van der Waals surface area contributed by atoms with Crippen LogP contribution in [0, 0.1) is 17.7 Å². The average Bonchev–Trinajstić information content (AvgIpc) is 3.43. The number of benzene rings is 2. The van der Waals surface area contributed by atoms with Gasteiger partial charge in [-0.25, -0.2) is 9.37 Å². The fourth-order valence-electron chi connectivity index (χ4n) is 5.21. The van der Waals surface area contributed by atoms with Crippen molar-refractivity contribution >= 4 is 28.6 Å². The first kappa shape index (κ1) is 25.0. The zero-order chi connectivity index (χ0) is 24.9. The molecule has 0 radical (unpaired) electrons. The smallest absolute Gasteiger partial charge is 0.262 e. The van der Waals surface area contributed by atoms with Crippen molar-refractivity contribution in [2.24, 2.45) is 11.8 Å². The molecule has 8 heteroatoms. The molecule has 1 saturated heterocycles. The van der Waals surface area contributed by atoms with Crippen molar-refractivity contribution in [3.63, 3.8) is 0 Å². The number of hydrogen-bond donors (Lipinski definition) is 1. The lowest BCUT2D eigenvalue weighted by molar-refractivity contribution is -0.126. The van der Waals surface area contributed by atoms with Gasteiger partial charge in [-0.3, -0.25) is 14.2 Å². The molecule has 0 spiro atoms. The maximum atomic E-state index is 14.2. The van der Waals surface area contributed by atoms with E-state index in [0.717, 1.165) is 45.1 Å². The molecule has 6 nitrogen and oxygen atoms in total. The monoisotopic (exact) mass is 509 g/mol. The second-order valence-electron chi connectivity index (χ2n) is 9.81. The molecule has 1 amide bonds. The lowest BCUT2D eigenvalue weighted by Gasteiger charge is -2.29. The van der Waals surface area contributed by atoms with Gasteiger partial charge in [-0.15, -0.1) is 0 Å². The number of nitrogens with zero attached hydrogens (tertiary/aromatic N) is 2. The van der Waals surface area contributed by atoms with E-state index in [2.05, 4.69) is 5.32 Å². The van der Waals surface area contributed by atoms with Gasteiger partial charge in [0.1, 0.15) is 5.82 Å². The van der Waals surface area contributed by atoms with Crippen LogP contribution in [0.4, 0.5) is 4.39 Å². The van der Waals surface area contributed by atoms with Crippen LogP contribution in [0.1, 0.15) is 44.1 Å². The molecule has 0 unspecified atom stereocenters. The Balaban J connectivity index is 1.26. The summed E-state index contributed by atoms with van der Waals surface area (Å²) in [4.78, 5) is 30.9. The van der Waals surface area contributed by atoms with Gasteiger partial charge in [0.2, 0.25) is 5.91 Å². The van der Waals surface area contributed by atoms with Gasteiger partial charge in [-0.2, -0.15) is 0 Å². The van der Waals surface area contributed by atoms with Crippen LogP contribution in [0.5, 0.6) is 0 Å². The molecule has 2 heterocycles. The molecule has 1 N–H and O–H groups in total. The van der Waals surface area contributed by atoms with Crippen LogP contribution >= 0.6 is 11.8 Å². The highest BCUT2D eigenvalue weighted by atomic mass is 32.2. The fraction of sp³-hybridized carbons (Fsp3) is 0.464. The van der Waals surface area contributed by atoms with Crippen molar-refractivity contribution in [1.29, 1.82) is 0 Å². The maximum absolute atomic E-state index is 14.2. The average molecular weight is 510 g/mol. The van der Waals surface area contributed by atoms with Gasteiger partial charge in [-0.1, -0.05) is 42.1 Å². The van der Waals surface area contributed by atoms with E-state index in [-0.39, 0.29) is 29.3 Å². The topological polar surface area (TPSA) is 73.2 Å². The number of amides is 1. The summed E-state index contributed by atoms with van der Waals surface area (Å²) in [6, 6.07) is 14.1. The summed E-state index contributed by atoms with van der Waals surface area (Å²) < 4.78 is 21.6. The molecule has 190 valence electrons. The first-order chi connectivity index (χ1) is 17.6. The standard InChI is InChI=1S/C28H32FN3O3S/c29-24-9-3-1-6-21(24)18-36-28-31-25-10-4-2-8-23(25)27(34)32(28)17-19-11-13-20(14-12-19)26(33)30-16-22-7-5-15-35-22/h1-4,6,8-10,19-20,22H,5,7,11-18H2,(H,30,33)/t19?,20?,22-/m1/s1. The van der Waals surface area contributed by atoms with Crippen molar-refractivity contribution in [2.45, 2.75) is 62.1 Å². The molecule has 5 rings (SSSR count). The molecule has 2 fully saturated rings. The normalized spacial score (nSPS) is 22.1. The minimum absolute atomic E-state index is 0.0176. The first-order valence-electron chi connectivity index (χ1n) is 12.8. The van der Waals surface area contributed by atoms with Gasteiger partial charge in [0, 0.05) is 31.4 Å². The van der Waals surface area contributed by atoms with E-state index in [1.54, 1.807) is 16.7 Å². The van der Waals surface area contributed by atoms with E-state index in [1.165, 1.54) is 17.8 Å². The van der Waals surface area contributed by atoms with Gasteiger partial charge in [0.15, 0.2) is 5.16 Å². The summed E-state index contributed by atoms with van der Waals surface area (Å²) >= 11 is 1.39. The largest absolute Gasteiger partial charge is 0.376 e. The Bertz CT molecular complexity index is 1270. The van der Waals surface area contributed by atoms with Crippen molar-refractivity contribution in [2.75, 3.05) is 13.2 Å². The maximum Gasteiger partial charge on any atom is 0.262 e. The predicted octanol–water partition coefficient (Wildman–Crippen LogP) is 4.93. The van der Waals surface area contributed by atoms with E-state index in [1.807, 2.05) is 30.3 Å². The van der Waals surface area contributed by atoms with Crippen molar-refractivity contribution in [3.05, 3.63) is 70.3 Å². The van der Waals surface area contributed by atoms with E-state index < -0.39 is 0 Å². The van der Waals surface area contributed by atoms with Gasteiger partial charge in [-0.05, 0) is 68.2 Å². The Kier molecular flexibility index (Phi) is 8.02. The number of rotatable bonds is 8. The Labute approximate surface area is 214 Å². The molecule has 1 aliphatic heterocycles. The fourth-order valence-corrected chi connectivity index (χ4v) is 6.20. The van der Waals surface area contributed by atoms with E-state index >= 15 is 0 Å². The highest BCUT2D eigenvalue weighted by Crippen LogP contribution is 2.31. The molecule has 2 aliphatic rings. The number of carbonyl (C=O) groups is 1. The Morgan fingerprint density at radius 2 is 1.86 bits per heavy atom. The van der Waals surface area contributed by atoms with Crippen molar-refractivity contribution in [1.82, 2.24) is 14.9 Å². The predicted molar refractivity (Wildman–Crippen MR) is 139 cm³/mol. The number of nitrogens with one attached hydrogen (secondary N) is 1. The summed E-state index contributed by atoms with van der Waals surface area (Å²) in [7, 11) is 0. The van der Waals surface area contributed by atoms with E-state index in [9.17, 15) is 14.0 Å². The summed E-state index contributed by atoms with van der Waals surface area (Å²) in [5.74, 6) is 0.574. The molecule has 3 aromatic rings. The summed E-state index contributed by atoms with van der Waals surface area (Å²) in [5.41, 5.74) is 1.18. The van der Waals surface area contributed by atoms with Crippen LogP contribution in [-0.4, -0.2) is 34.7 Å². The molecule has 0 bridgehead atoms. The number of ether oxygens (including phenoxy) is 1. The van der Waals surface area contributed by atoms with Crippen LogP contribution in [0.25, 0.3) is 10.9 Å². The van der Waals surface area contributed by atoms with Crippen molar-refractivity contribution in [3.8, 4) is 0 Å². The second-order valence-corrected chi connectivity index (χ2v) is 10.7. The summed E-state index contributed by atoms with van der Waals surface area (Å²) in [6.45, 7) is 1.94. The number of hydrogen-bond acceptors (Lipinski definition) is 5. The number of carbonyl (C=O) groups excluding carboxylic acids is 1. The number of fused-ring (bicyclic) bond motifs is 1. The zero-order valence-corrected chi connectivity index (χ0v) is 21.1. The van der Waals surface area contributed by atoms with Crippen LogP contribution in [0.3, 0.4) is 0 Å². The Morgan fingerprint density at radius 3 is 2.64 bits per heavy atom. The molecular formula is C28H32FN3O3S. The highest BCUT2D eigenvalue weighted by Gasteiger charge is 2.28. The lowest BCUT2D eigenvalue weighted by Crippen LogP contribution is -2.38. The van der Waals surface area contributed by atoms with Gasteiger partial charge >= 0.3 is 0 Å². The van der Waals surface area contributed by atoms with Crippen LogP contribution < -0.4 is 10.9 Å². The first-order valence-corrected chi connectivity index (χ1v) is 13.8. The molecule has 1 atom stereocenters. The highest BCUT2D eigenvalue weighted by molar-refractivity contribution is 7.98. The summed E-state index contributed by atoms with van der Waals surface area (Å²) in [5, 5.41) is 4.27. The number of halogens is 1. The Morgan fingerprint density at radius 1 is 1.08 bits per heavy atom. The quantitative estimate of drug-likeness (QED) is 0.344. The van der Waals surface area contributed by atoms with Crippen LogP contribution in [0.15, 0.2) is 58.5 Å². The SMILES string of the molecule is O=C(NC[C@H]1CCCO1)C1CCC(Cn2c(SCc3ccccc3F)nc3ccccc3c2=O)CC1. The summed E-state index contributed by atoms with van der Waals surface area (Å²) in [6.07, 6.45) is 5.63. The van der Waals surface area contributed by atoms with Gasteiger partial charge in [0.05, 0.1) is 17.0 Å². The van der Waals surface area contributed by atoms with Gasteiger partial charge in [0.25, 0.3) is 5.56 Å². The third-order valence-electron chi connectivity index (χ3n) is 7.33. The number of para-hydroxylation sites is 1. The number of thioether (sulfide) groups is 1. The minimum atomic E-state index is -0.254. The Hall–Kier alpha value is -2.71. The lowest BCUT2D eigenvalue weighted by atomic mass is 9.81. The molecule has 1 aromatic heterocycles. The van der Waals surface area contributed by atoms with Crippen LogP contribution in [-0.2, 0) is 21.8 Å². The van der Waals surface area contributed by atoms with E-state index in [4.69, 9.17) is 9.72 Å². The molecule has 1 saturated carbocycles. The van der Waals surface area contributed by atoms with Crippen molar-refractivity contribution < 1.29 is 13.9 Å². The van der Waals surface area contributed by atoms with Crippen LogP contribution in [0.2, 0.25) is 0 Å². The molecule has 2 aromatic carbocycles. The zero-order valence-electron chi connectivity index (χ0n) is 20.3. The third kappa shape index (κ3) is 5.81. The number of aromatic nitrogens is 2. The molecule has 36 heavy (non-hydrogen) atoms. The van der Waals surface area contributed by atoms with Gasteiger partial charge < -0.3 is 10.1 Å². The molecule has 1 aliphatic carbocycles. The molecular weight excluding hydrogens is 477 g/mol. The third-order valence-corrected chi connectivity index (χ3v) is 8.35. The minimum Gasteiger partial charge on any atom is -0.376 e.